The predicted molar refractivity (Wildman–Crippen MR) is 80.4 cm³/mol. The normalized spacial score (nSPS) is 10.0. The van der Waals surface area contributed by atoms with Crippen molar-refractivity contribution in [3.05, 3.63) is 47.8 Å². The minimum absolute atomic E-state index is 0.150. The molecular weight excluding hydrogens is 270 g/mol. The van der Waals surface area contributed by atoms with Gasteiger partial charge in [-0.2, -0.15) is 0 Å². The van der Waals surface area contributed by atoms with Crippen LogP contribution in [-0.4, -0.2) is 23.3 Å². The van der Waals surface area contributed by atoms with Crippen molar-refractivity contribution in [3.8, 4) is 5.75 Å². The number of amides is 1. The molecule has 2 rings (SSSR count). The molecule has 0 aliphatic carbocycles. The maximum absolute atomic E-state index is 11.2. The van der Waals surface area contributed by atoms with Crippen LogP contribution in [-0.2, 0) is 11.3 Å². The number of carbonyl (C=O) groups excluding carboxylic acids is 1. The Kier molecular flexibility index (Phi) is 4.61. The van der Waals surface area contributed by atoms with Crippen LogP contribution < -0.4 is 10.6 Å². The number of aryl methyl sites for hydroxylation is 1. The summed E-state index contributed by atoms with van der Waals surface area (Å²) in [5.41, 5.74) is 2.83. The molecule has 0 unspecified atom stereocenters. The van der Waals surface area contributed by atoms with E-state index < -0.39 is 6.09 Å². The van der Waals surface area contributed by atoms with E-state index in [1.165, 1.54) is 7.11 Å². The molecule has 0 radical (unpaired) electrons. The molecule has 0 saturated carbocycles. The van der Waals surface area contributed by atoms with E-state index in [4.69, 9.17) is 0 Å². The average Bonchev–Trinajstić information content (AvgIpc) is 2.48. The Morgan fingerprint density at radius 1 is 1.29 bits per heavy atom. The molecule has 1 aromatic heterocycles. The lowest BCUT2D eigenvalue weighted by Gasteiger charge is -2.10. The van der Waals surface area contributed by atoms with Crippen LogP contribution in [0.1, 0.15) is 11.4 Å². The maximum Gasteiger partial charge on any atom is 0.411 e. The quantitative estimate of drug-likeness (QED) is 0.805. The zero-order valence-electron chi connectivity index (χ0n) is 11.9. The zero-order valence-corrected chi connectivity index (χ0v) is 11.9. The number of rotatable bonds is 4. The number of methoxy groups -OCH3 is 1. The second kappa shape index (κ2) is 6.60. The minimum Gasteiger partial charge on any atom is -0.506 e. The third kappa shape index (κ3) is 4.10. The number of hydrogen-bond donors (Lipinski definition) is 3. The molecule has 3 N–H and O–H groups in total. The summed E-state index contributed by atoms with van der Waals surface area (Å²) in [6.07, 6.45) is -0.523. The molecule has 21 heavy (non-hydrogen) atoms. The second-order valence-electron chi connectivity index (χ2n) is 4.47. The fraction of sp³-hybridized carbons (Fsp3) is 0.200. The number of pyridine rings is 1. The first-order chi connectivity index (χ1) is 10.1. The molecule has 0 aliphatic heterocycles. The number of benzene rings is 1. The highest BCUT2D eigenvalue weighted by Crippen LogP contribution is 2.19. The number of carbonyl (C=O) groups is 1. The van der Waals surface area contributed by atoms with Gasteiger partial charge in [-0.25, -0.2) is 4.79 Å². The summed E-state index contributed by atoms with van der Waals surface area (Å²) in [7, 11) is 1.31. The van der Waals surface area contributed by atoms with Crippen LogP contribution in [0.4, 0.5) is 16.2 Å². The fourth-order valence-corrected chi connectivity index (χ4v) is 1.79. The van der Waals surface area contributed by atoms with Crippen molar-refractivity contribution in [3.63, 3.8) is 0 Å². The predicted octanol–water partition coefficient (Wildman–Crippen LogP) is 2.89. The van der Waals surface area contributed by atoms with Crippen LogP contribution in [0, 0.1) is 6.92 Å². The molecule has 6 nitrogen and oxygen atoms in total. The minimum atomic E-state index is -0.523. The number of hydrogen-bond acceptors (Lipinski definition) is 5. The van der Waals surface area contributed by atoms with E-state index in [1.807, 2.05) is 13.0 Å². The molecule has 1 heterocycles. The maximum atomic E-state index is 11.2. The topological polar surface area (TPSA) is 83.5 Å². The zero-order chi connectivity index (χ0) is 15.2. The third-order valence-electron chi connectivity index (χ3n) is 2.84. The molecule has 0 atom stereocenters. The summed E-state index contributed by atoms with van der Waals surface area (Å²) < 4.78 is 4.54. The van der Waals surface area contributed by atoms with E-state index in [2.05, 4.69) is 20.4 Å². The SMILES string of the molecule is COC(=O)Nc1cccc(NCc2nc(C)ccc2O)c1. The van der Waals surface area contributed by atoms with Gasteiger partial charge in [0.25, 0.3) is 0 Å². The summed E-state index contributed by atoms with van der Waals surface area (Å²) in [5, 5.41) is 15.5. The van der Waals surface area contributed by atoms with Gasteiger partial charge in [0.2, 0.25) is 0 Å². The Bertz CT molecular complexity index is 644. The first-order valence-corrected chi connectivity index (χ1v) is 6.43. The first-order valence-electron chi connectivity index (χ1n) is 6.43. The Morgan fingerprint density at radius 2 is 2.05 bits per heavy atom. The molecular formula is C15H17N3O3. The van der Waals surface area contributed by atoms with E-state index in [1.54, 1.807) is 30.3 Å². The molecule has 110 valence electrons. The fourth-order valence-electron chi connectivity index (χ4n) is 1.79. The third-order valence-corrected chi connectivity index (χ3v) is 2.84. The van der Waals surface area contributed by atoms with Gasteiger partial charge in [-0.05, 0) is 37.3 Å². The van der Waals surface area contributed by atoms with E-state index in [0.29, 0.717) is 17.9 Å². The molecule has 0 spiro atoms. The van der Waals surface area contributed by atoms with Gasteiger partial charge < -0.3 is 15.2 Å². The largest absolute Gasteiger partial charge is 0.506 e. The summed E-state index contributed by atoms with van der Waals surface area (Å²) in [4.78, 5) is 15.4. The number of anilines is 2. The number of nitrogens with zero attached hydrogens (tertiary/aromatic N) is 1. The van der Waals surface area contributed by atoms with Crippen molar-refractivity contribution in [1.82, 2.24) is 4.98 Å². The van der Waals surface area contributed by atoms with Crippen molar-refractivity contribution < 1.29 is 14.6 Å². The van der Waals surface area contributed by atoms with Crippen LogP contribution >= 0.6 is 0 Å². The highest BCUT2D eigenvalue weighted by molar-refractivity contribution is 5.85. The monoisotopic (exact) mass is 287 g/mol. The van der Waals surface area contributed by atoms with Crippen molar-refractivity contribution in [2.24, 2.45) is 0 Å². The smallest absolute Gasteiger partial charge is 0.411 e. The number of aromatic nitrogens is 1. The molecule has 6 heteroatoms. The number of ether oxygens (including phenoxy) is 1. The van der Waals surface area contributed by atoms with Gasteiger partial charge in [0.15, 0.2) is 0 Å². The Hall–Kier alpha value is -2.76. The molecule has 1 aromatic carbocycles. The Morgan fingerprint density at radius 3 is 2.81 bits per heavy atom. The lowest BCUT2D eigenvalue weighted by molar-refractivity contribution is 0.187. The molecule has 0 aliphatic rings. The van der Waals surface area contributed by atoms with Crippen LogP contribution in [0.15, 0.2) is 36.4 Å². The van der Waals surface area contributed by atoms with Crippen molar-refractivity contribution in [2.75, 3.05) is 17.7 Å². The first kappa shape index (κ1) is 14.6. The lowest BCUT2D eigenvalue weighted by atomic mass is 10.2. The number of aromatic hydroxyl groups is 1. The number of nitrogens with one attached hydrogen (secondary N) is 2. The summed E-state index contributed by atoms with van der Waals surface area (Å²) >= 11 is 0. The molecule has 0 bridgehead atoms. The molecule has 2 aromatic rings. The van der Waals surface area contributed by atoms with Crippen LogP contribution in [0.25, 0.3) is 0 Å². The van der Waals surface area contributed by atoms with Gasteiger partial charge in [-0.3, -0.25) is 10.3 Å². The second-order valence-corrected chi connectivity index (χ2v) is 4.47. The van der Waals surface area contributed by atoms with Crippen molar-refractivity contribution in [1.29, 1.82) is 0 Å². The van der Waals surface area contributed by atoms with Gasteiger partial charge in [0, 0.05) is 17.1 Å². The van der Waals surface area contributed by atoms with Crippen molar-refractivity contribution >= 4 is 17.5 Å². The standard InChI is InChI=1S/C15H17N3O3/c1-10-6-7-14(19)13(17-10)9-16-11-4-3-5-12(8-11)18-15(20)21-2/h3-8,16,19H,9H2,1-2H3,(H,18,20). The van der Waals surface area contributed by atoms with Gasteiger partial charge in [-0.15, -0.1) is 0 Å². The van der Waals surface area contributed by atoms with Crippen molar-refractivity contribution in [2.45, 2.75) is 13.5 Å². The summed E-state index contributed by atoms with van der Waals surface area (Å²) in [6.45, 7) is 2.25. The van der Waals surface area contributed by atoms with Gasteiger partial charge in [0.05, 0.1) is 13.7 Å². The average molecular weight is 287 g/mol. The lowest BCUT2D eigenvalue weighted by Crippen LogP contribution is -2.11. The van der Waals surface area contributed by atoms with E-state index >= 15 is 0 Å². The molecule has 1 amide bonds. The van der Waals surface area contributed by atoms with Gasteiger partial charge in [0.1, 0.15) is 11.4 Å². The summed E-state index contributed by atoms with van der Waals surface area (Å²) in [6, 6.07) is 10.6. The van der Waals surface area contributed by atoms with Gasteiger partial charge >= 0.3 is 6.09 Å². The van der Waals surface area contributed by atoms with E-state index in [9.17, 15) is 9.90 Å². The highest BCUT2D eigenvalue weighted by Gasteiger charge is 2.04. The van der Waals surface area contributed by atoms with Crippen LogP contribution in [0.3, 0.4) is 0 Å². The Labute approximate surface area is 122 Å². The van der Waals surface area contributed by atoms with E-state index in [0.717, 1.165) is 11.4 Å². The molecule has 0 fully saturated rings. The van der Waals surface area contributed by atoms with Crippen LogP contribution in [0.5, 0.6) is 5.75 Å². The summed E-state index contributed by atoms with van der Waals surface area (Å²) in [5.74, 6) is 0.150. The Balaban J connectivity index is 2.04. The highest BCUT2D eigenvalue weighted by atomic mass is 16.5. The van der Waals surface area contributed by atoms with Gasteiger partial charge in [-0.1, -0.05) is 6.07 Å². The van der Waals surface area contributed by atoms with E-state index in [-0.39, 0.29) is 5.75 Å². The van der Waals surface area contributed by atoms with Crippen LogP contribution in [0.2, 0.25) is 0 Å². The molecule has 0 saturated heterocycles.